The second-order valence-corrected chi connectivity index (χ2v) is 12.2. The molecule has 23 nitrogen and oxygen atoms in total. The van der Waals surface area contributed by atoms with Gasteiger partial charge in [-0.05, 0) is 39.5 Å². The summed E-state index contributed by atoms with van der Waals surface area (Å²) in [6, 6.07) is -10.9. The monoisotopic (exact) mass is 748 g/mol. The van der Waals surface area contributed by atoms with Crippen molar-refractivity contribution in [2.24, 2.45) is 28.1 Å². The quantitative estimate of drug-likeness (QED) is 0.0262. The van der Waals surface area contributed by atoms with Gasteiger partial charge in [-0.25, -0.2) is 4.79 Å². The standard InChI is InChI=1S/C29H52N10O13/c1-11(2)20(38-25(48)19(30)13(4)41)26(49)35-15(7-6-8-33-29(31)32)23(46)39-21(14(5)42)27(50)37-17(10-40)24(47)34-12(3)22(45)36-16(28(51)52)9-18(43)44/h11-17,19-21,40-42H,6-10,30H2,1-5H3,(H,34,47)(H,35,49)(H,36,45)(H,37,50)(H,38,48)(H,39,46)(H,43,44)(H,51,52)(H4,31,32,33). The van der Waals surface area contributed by atoms with Gasteiger partial charge in [-0.3, -0.25) is 38.6 Å². The Morgan fingerprint density at radius 1 is 0.635 bits per heavy atom. The van der Waals surface area contributed by atoms with Crippen molar-refractivity contribution in [3.05, 3.63) is 0 Å². The third kappa shape index (κ3) is 16.7. The minimum Gasteiger partial charge on any atom is -0.481 e. The number of guanidine groups is 1. The Morgan fingerprint density at radius 2 is 1.13 bits per heavy atom. The van der Waals surface area contributed by atoms with Crippen LogP contribution in [0.5, 0.6) is 0 Å². The predicted molar refractivity (Wildman–Crippen MR) is 180 cm³/mol. The highest BCUT2D eigenvalue weighted by atomic mass is 16.4. The van der Waals surface area contributed by atoms with E-state index in [1.165, 1.54) is 6.92 Å². The zero-order chi connectivity index (χ0) is 40.5. The Kier molecular flexibility index (Phi) is 20.4. The van der Waals surface area contributed by atoms with E-state index in [0.29, 0.717) is 0 Å². The van der Waals surface area contributed by atoms with Gasteiger partial charge >= 0.3 is 11.9 Å². The first-order valence-electron chi connectivity index (χ1n) is 16.1. The minimum absolute atomic E-state index is 0.0240. The molecule has 52 heavy (non-hydrogen) atoms. The lowest BCUT2D eigenvalue weighted by Gasteiger charge is -2.29. The Balaban J connectivity index is 5.95. The Hall–Kier alpha value is -5.13. The summed E-state index contributed by atoms with van der Waals surface area (Å²) in [4.78, 5) is 103. The minimum atomic E-state index is -1.82. The van der Waals surface area contributed by atoms with Crippen LogP contribution in [0.1, 0.15) is 53.9 Å². The van der Waals surface area contributed by atoms with Crippen LogP contribution >= 0.6 is 0 Å². The molecule has 6 amide bonds. The SMILES string of the molecule is CC(NC(=O)C(CO)NC(=O)C(NC(=O)C(CCCN=C(N)N)NC(=O)C(NC(=O)C(N)C(C)O)C(C)C)C(C)O)C(=O)NC(CC(=O)O)C(=O)O. The van der Waals surface area contributed by atoms with Gasteiger partial charge < -0.3 is 74.6 Å². The van der Waals surface area contributed by atoms with E-state index in [0.717, 1.165) is 13.8 Å². The molecule has 0 rings (SSSR count). The first kappa shape index (κ1) is 46.9. The maximum atomic E-state index is 13.5. The number of amides is 6. The molecule has 17 N–H and O–H groups in total. The van der Waals surface area contributed by atoms with E-state index >= 15 is 0 Å². The van der Waals surface area contributed by atoms with Crippen LogP contribution in [0.25, 0.3) is 0 Å². The molecule has 0 saturated carbocycles. The fourth-order valence-corrected chi connectivity index (χ4v) is 4.20. The number of hydrogen-bond donors (Lipinski definition) is 14. The summed E-state index contributed by atoms with van der Waals surface area (Å²) in [6.45, 7) is 5.66. The summed E-state index contributed by atoms with van der Waals surface area (Å²) in [6.07, 6.45) is -3.82. The molecule has 23 heteroatoms. The van der Waals surface area contributed by atoms with Gasteiger partial charge in [-0.15, -0.1) is 0 Å². The largest absolute Gasteiger partial charge is 0.481 e. The van der Waals surface area contributed by atoms with E-state index in [1.807, 2.05) is 5.32 Å². The van der Waals surface area contributed by atoms with Crippen LogP contribution in [0.3, 0.4) is 0 Å². The van der Waals surface area contributed by atoms with Gasteiger partial charge in [0.25, 0.3) is 0 Å². The molecule has 0 spiro atoms. The van der Waals surface area contributed by atoms with Crippen molar-refractivity contribution in [1.29, 1.82) is 0 Å². The molecule has 9 unspecified atom stereocenters. The topological polar surface area (TPSA) is 400 Å². The van der Waals surface area contributed by atoms with Crippen molar-refractivity contribution in [1.82, 2.24) is 31.9 Å². The van der Waals surface area contributed by atoms with E-state index in [-0.39, 0.29) is 25.3 Å². The molecule has 0 heterocycles. The molecule has 0 aliphatic rings. The van der Waals surface area contributed by atoms with Crippen LogP contribution < -0.4 is 49.1 Å². The highest BCUT2D eigenvalue weighted by Crippen LogP contribution is 2.08. The molecular formula is C29H52N10O13. The molecule has 296 valence electrons. The molecular weight excluding hydrogens is 696 g/mol. The number of aliphatic hydroxyl groups excluding tert-OH is 3. The van der Waals surface area contributed by atoms with Crippen molar-refractivity contribution in [2.75, 3.05) is 13.2 Å². The van der Waals surface area contributed by atoms with Gasteiger partial charge in [0.05, 0.1) is 25.2 Å². The van der Waals surface area contributed by atoms with Gasteiger partial charge in [0, 0.05) is 6.54 Å². The summed E-state index contributed by atoms with van der Waals surface area (Å²) in [5.74, 6) is -10.1. The Bertz CT molecular complexity index is 1310. The van der Waals surface area contributed by atoms with E-state index in [2.05, 4.69) is 31.6 Å². The van der Waals surface area contributed by atoms with Crippen molar-refractivity contribution in [3.63, 3.8) is 0 Å². The Morgan fingerprint density at radius 3 is 1.60 bits per heavy atom. The van der Waals surface area contributed by atoms with Crippen LogP contribution in [0.2, 0.25) is 0 Å². The highest BCUT2D eigenvalue weighted by Gasteiger charge is 2.35. The molecule has 0 fully saturated rings. The number of carbonyl (C=O) groups excluding carboxylic acids is 6. The number of aliphatic imine (C=N–C) groups is 1. The normalized spacial score (nSPS) is 16.2. The second kappa shape index (κ2) is 22.6. The van der Waals surface area contributed by atoms with Gasteiger partial charge in [0.15, 0.2) is 5.96 Å². The van der Waals surface area contributed by atoms with Crippen molar-refractivity contribution >= 4 is 53.3 Å². The third-order valence-corrected chi connectivity index (χ3v) is 7.27. The lowest BCUT2D eigenvalue weighted by Crippen LogP contribution is -2.62. The second-order valence-electron chi connectivity index (χ2n) is 12.2. The van der Waals surface area contributed by atoms with Crippen LogP contribution in [0, 0.1) is 5.92 Å². The number of hydrogen-bond acceptors (Lipinski definition) is 13. The third-order valence-electron chi connectivity index (χ3n) is 7.27. The average molecular weight is 749 g/mol. The van der Waals surface area contributed by atoms with E-state index < -0.39 is 121 Å². The number of aliphatic hydroxyl groups is 3. The van der Waals surface area contributed by atoms with Gasteiger partial charge in [-0.2, -0.15) is 0 Å². The maximum Gasteiger partial charge on any atom is 0.326 e. The van der Waals surface area contributed by atoms with Crippen LogP contribution in [0.4, 0.5) is 0 Å². The Labute approximate surface area is 298 Å². The van der Waals surface area contributed by atoms with E-state index in [4.69, 9.17) is 27.4 Å². The lowest BCUT2D eigenvalue weighted by atomic mass is 10.0. The summed E-state index contributed by atoms with van der Waals surface area (Å²) < 4.78 is 0. The summed E-state index contributed by atoms with van der Waals surface area (Å²) in [5.41, 5.74) is 16.3. The maximum absolute atomic E-state index is 13.5. The number of nitrogens with two attached hydrogens (primary N) is 3. The van der Waals surface area contributed by atoms with Crippen LogP contribution in [0.15, 0.2) is 4.99 Å². The van der Waals surface area contributed by atoms with Crippen molar-refractivity contribution in [2.45, 2.75) is 108 Å². The number of nitrogens with one attached hydrogen (secondary N) is 6. The van der Waals surface area contributed by atoms with E-state index in [9.17, 15) is 53.7 Å². The number of carboxylic acid groups (broad SMARTS) is 2. The smallest absolute Gasteiger partial charge is 0.326 e. The number of aliphatic carboxylic acids is 2. The predicted octanol–water partition coefficient (Wildman–Crippen LogP) is -6.73. The van der Waals surface area contributed by atoms with Gasteiger partial charge in [-0.1, -0.05) is 13.8 Å². The van der Waals surface area contributed by atoms with Crippen LogP contribution in [-0.4, -0.2) is 147 Å². The molecule has 9 atom stereocenters. The molecule has 0 bridgehead atoms. The molecule has 0 saturated heterocycles. The summed E-state index contributed by atoms with van der Waals surface area (Å²) >= 11 is 0. The first-order chi connectivity index (χ1) is 24.0. The molecule has 0 aromatic rings. The number of carbonyl (C=O) groups is 8. The molecule has 0 aromatic heterocycles. The zero-order valence-electron chi connectivity index (χ0n) is 29.5. The highest BCUT2D eigenvalue weighted by molar-refractivity contribution is 5.97. The molecule has 0 aromatic carbocycles. The van der Waals surface area contributed by atoms with Gasteiger partial charge in [0.1, 0.15) is 42.3 Å². The summed E-state index contributed by atoms with van der Waals surface area (Å²) in [7, 11) is 0. The fourth-order valence-electron chi connectivity index (χ4n) is 4.20. The molecule has 0 aliphatic carbocycles. The lowest BCUT2D eigenvalue weighted by molar-refractivity contribution is -0.147. The van der Waals surface area contributed by atoms with Crippen molar-refractivity contribution in [3.8, 4) is 0 Å². The van der Waals surface area contributed by atoms with Crippen LogP contribution in [-0.2, 0) is 38.4 Å². The first-order valence-corrected chi connectivity index (χ1v) is 16.1. The summed E-state index contributed by atoms with van der Waals surface area (Å²) in [5, 5.41) is 61.1. The molecule has 0 radical (unpaired) electrons. The zero-order valence-corrected chi connectivity index (χ0v) is 29.5. The molecule has 0 aliphatic heterocycles. The van der Waals surface area contributed by atoms with Gasteiger partial charge in [0.2, 0.25) is 35.4 Å². The number of rotatable bonds is 23. The average Bonchev–Trinajstić information content (AvgIpc) is 3.03. The fraction of sp³-hybridized carbons (Fsp3) is 0.690. The van der Waals surface area contributed by atoms with E-state index in [1.54, 1.807) is 13.8 Å². The number of nitrogens with zero attached hydrogens (tertiary/aromatic N) is 1. The number of carboxylic acids is 2. The van der Waals surface area contributed by atoms with Crippen molar-refractivity contribution < 1.29 is 63.9 Å².